The maximum Gasteiger partial charge on any atom is 0.165 e. The zero-order chi connectivity index (χ0) is 12.4. The van der Waals surface area contributed by atoms with Gasteiger partial charge in [0, 0.05) is 6.04 Å². The highest BCUT2D eigenvalue weighted by Gasteiger charge is 2.39. The number of benzene rings is 1. The van der Waals surface area contributed by atoms with E-state index in [0.717, 1.165) is 31.8 Å². The second-order valence-corrected chi connectivity index (χ2v) is 5.55. The number of rotatable bonds is 6. The number of hydrogen-bond acceptors (Lipinski definition) is 2. The first kappa shape index (κ1) is 12.0. The van der Waals surface area contributed by atoms with Crippen molar-refractivity contribution in [3.8, 4) is 5.75 Å². The Hall–Kier alpha value is -1.09. The zero-order valence-electron chi connectivity index (χ0n) is 10.6. The lowest BCUT2D eigenvalue weighted by atomic mass is 9.77. The largest absolute Gasteiger partial charge is 0.484 e. The van der Waals surface area contributed by atoms with Crippen LogP contribution in [-0.2, 0) is 0 Å². The van der Waals surface area contributed by atoms with Gasteiger partial charge in [0.1, 0.15) is 5.60 Å². The molecule has 2 saturated carbocycles. The van der Waals surface area contributed by atoms with Crippen LogP contribution in [0.4, 0.5) is 4.39 Å². The quantitative estimate of drug-likeness (QED) is 0.835. The molecule has 0 aromatic heterocycles. The van der Waals surface area contributed by atoms with Crippen molar-refractivity contribution in [2.45, 2.75) is 50.2 Å². The molecular weight excluding hydrogens is 229 g/mol. The Morgan fingerprint density at radius 1 is 1.28 bits per heavy atom. The Bertz CT molecular complexity index is 413. The van der Waals surface area contributed by atoms with Crippen LogP contribution in [0.3, 0.4) is 0 Å². The van der Waals surface area contributed by atoms with Gasteiger partial charge in [0.2, 0.25) is 0 Å². The van der Waals surface area contributed by atoms with Crippen molar-refractivity contribution in [3.63, 3.8) is 0 Å². The molecule has 2 aliphatic carbocycles. The summed E-state index contributed by atoms with van der Waals surface area (Å²) in [5.74, 6) is 0.155. The van der Waals surface area contributed by atoms with Gasteiger partial charge in [0.05, 0.1) is 0 Å². The average molecular weight is 249 g/mol. The molecular formula is C15H20FNO. The van der Waals surface area contributed by atoms with Crippen molar-refractivity contribution in [1.29, 1.82) is 0 Å². The van der Waals surface area contributed by atoms with Crippen LogP contribution >= 0.6 is 0 Å². The summed E-state index contributed by atoms with van der Waals surface area (Å²) < 4.78 is 19.6. The number of nitrogens with one attached hydrogen (secondary N) is 1. The Labute approximate surface area is 108 Å². The molecule has 0 spiro atoms. The standard InChI is InChI=1S/C15H20FNO/c16-13-4-1-2-5-14(13)18-15(8-3-9-15)10-11-17-12-6-7-12/h1-2,4-5,12,17H,3,6-11H2. The summed E-state index contributed by atoms with van der Waals surface area (Å²) in [7, 11) is 0. The van der Waals surface area contributed by atoms with Gasteiger partial charge in [-0.25, -0.2) is 4.39 Å². The van der Waals surface area contributed by atoms with Crippen LogP contribution in [0.25, 0.3) is 0 Å². The van der Waals surface area contributed by atoms with Crippen LogP contribution in [0.15, 0.2) is 24.3 Å². The Kier molecular flexibility index (Phi) is 3.25. The van der Waals surface area contributed by atoms with Crippen LogP contribution in [0.5, 0.6) is 5.75 Å². The third-order valence-electron chi connectivity index (χ3n) is 4.02. The first-order valence-corrected chi connectivity index (χ1v) is 6.94. The molecule has 0 saturated heterocycles. The minimum absolute atomic E-state index is 0.121. The van der Waals surface area contributed by atoms with E-state index >= 15 is 0 Å². The first-order valence-electron chi connectivity index (χ1n) is 6.94. The third-order valence-corrected chi connectivity index (χ3v) is 4.02. The van der Waals surface area contributed by atoms with E-state index in [1.807, 2.05) is 6.07 Å². The number of hydrogen-bond donors (Lipinski definition) is 1. The molecule has 18 heavy (non-hydrogen) atoms. The fourth-order valence-electron chi connectivity index (χ4n) is 2.53. The van der Waals surface area contributed by atoms with Crippen molar-refractivity contribution in [3.05, 3.63) is 30.1 Å². The number of halogens is 1. The van der Waals surface area contributed by atoms with E-state index < -0.39 is 0 Å². The summed E-state index contributed by atoms with van der Waals surface area (Å²) in [4.78, 5) is 0. The topological polar surface area (TPSA) is 21.3 Å². The van der Waals surface area contributed by atoms with E-state index in [1.165, 1.54) is 25.3 Å². The van der Waals surface area contributed by atoms with Gasteiger partial charge in [-0.2, -0.15) is 0 Å². The lowest BCUT2D eigenvalue weighted by molar-refractivity contribution is -0.0172. The Morgan fingerprint density at radius 3 is 2.67 bits per heavy atom. The monoisotopic (exact) mass is 249 g/mol. The molecule has 1 aromatic rings. The Morgan fingerprint density at radius 2 is 2.06 bits per heavy atom. The van der Waals surface area contributed by atoms with E-state index in [4.69, 9.17) is 4.74 Å². The molecule has 0 unspecified atom stereocenters. The molecule has 0 heterocycles. The average Bonchev–Trinajstić information content (AvgIpc) is 3.12. The fraction of sp³-hybridized carbons (Fsp3) is 0.600. The van der Waals surface area contributed by atoms with Crippen molar-refractivity contribution in [2.24, 2.45) is 0 Å². The van der Waals surface area contributed by atoms with E-state index in [1.54, 1.807) is 12.1 Å². The van der Waals surface area contributed by atoms with E-state index in [-0.39, 0.29) is 11.4 Å². The molecule has 3 heteroatoms. The second-order valence-electron chi connectivity index (χ2n) is 5.55. The molecule has 2 nitrogen and oxygen atoms in total. The zero-order valence-corrected chi connectivity index (χ0v) is 10.6. The summed E-state index contributed by atoms with van der Waals surface area (Å²) >= 11 is 0. The van der Waals surface area contributed by atoms with Gasteiger partial charge < -0.3 is 10.1 Å². The van der Waals surface area contributed by atoms with Crippen molar-refractivity contribution >= 4 is 0 Å². The van der Waals surface area contributed by atoms with Crippen molar-refractivity contribution < 1.29 is 9.13 Å². The predicted octanol–water partition coefficient (Wildman–Crippen LogP) is 3.27. The minimum Gasteiger partial charge on any atom is -0.484 e. The third kappa shape index (κ3) is 2.66. The summed E-state index contributed by atoms with van der Waals surface area (Å²) in [5, 5.41) is 3.51. The molecule has 2 aliphatic rings. The lowest BCUT2D eigenvalue weighted by Crippen LogP contribution is -2.45. The summed E-state index contributed by atoms with van der Waals surface area (Å²) in [6, 6.07) is 7.45. The van der Waals surface area contributed by atoms with E-state index in [2.05, 4.69) is 5.32 Å². The molecule has 0 atom stereocenters. The van der Waals surface area contributed by atoms with Gasteiger partial charge in [-0.1, -0.05) is 12.1 Å². The van der Waals surface area contributed by atoms with Crippen LogP contribution in [-0.4, -0.2) is 18.2 Å². The van der Waals surface area contributed by atoms with Gasteiger partial charge in [0.25, 0.3) is 0 Å². The SMILES string of the molecule is Fc1ccccc1OC1(CCNC2CC2)CCC1. The van der Waals surface area contributed by atoms with Crippen LogP contribution in [0.1, 0.15) is 38.5 Å². The highest BCUT2D eigenvalue weighted by Crippen LogP contribution is 2.40. The van der Waals surface area contributed by atoms with Crippen LogP contribution in [0, 0.1) is 5.82 Å². The molecule has 1 aromatic carbocycles. The first-order chi connectivity index (χ1) is 8.77. The van der Waals surface area contributed by atoms with Crippen LogP contribution < -0.4 is 10.1 Å². The maximum atomic E-state index is 13.6. The lowest BCUT2D eigenvalue weighted by Gasteiger charge is -2.42. The summed E-state index contributed by atoms with van der Waals surface area (Å²) in [6.45, 7) is 0.985. The Balaban J connectivity index is 1.58. The fourth-order valence-corrected chi connectivity index (χ4v) is 2.53. The predicted molar refractivity (Wildman–Crippen MR) is 69.3 cm³/mol. The highest BCUT2D eigenvalue weighted by atomic mass is 19.1. The molecule has 98 valence electrons. The van der Waals surface area contributed by atoms with Gasteiger partial charge >= 0.3 is 0 Å². The van der Waals surface area contributed by atoms with Gasteiger partial charge in [-0.15, -0.1) is 0 Å². The molecule has 3 rings (SSSR count). The summed E-state index contributed by atoms with van der Waals surface area (Å²) in [6.07, 6.45) is 6.89. The normalized spacial score (nSPS) is 21.4. The van der Waals surface area contributed by atoms with Crippen molar-refractivity contribution in [2.75, 3.05) is 6.54 Å². The van der Waals surface area contributed by atoms with E-state index in [9.17, 15) is 4.39 Å². The minimum atomic E-state index is -0.251. The van der Waals surface area contributed by atoms with E-state index in [0.29, 0.717) is 5.75 Å². The number of para-hydroxylation sites is 1. The van der Waals surface area contributed by atoms with Gasteiger partial charge in [0.15, 0.2) is 11.6 Å². The smallest absolute Gasteiger partial charge is 0.165 e. The molecule has 2 fully saturated rings. The summed E-state index contributed by atoms with van der Waals surface area (Å²) in [5.41, 5.74) is -0.121. The van der Waals surface area contributed by atoms with Crippen molar-refractivity contribution in [1.82, 2.24) is 5.32 Å². The molecule has 0 amide bonds. The molecule has 0 bridgehead atoms. The second kappa shape index (κ2) is 4.88. The molecule has 1 N–H and O–H groups in total. The van der Waals surface area contributed by atoms with Crippen LogP contribution in [0.2, 0.25) is 0 Å². The van der Waals surface area contributed by atoms with Gasteiger partial charge in [-0.05, 0) is 57.2 Å². The highest BCUT2D eigenvalue weighted by molar-refractivity contribution is 5.25. The maximum absolute atomic E-state index is 13.6. The van der Waals surface area contributed by atoms with Gasteiger partial charge in [-0.3, -0.25) is 0 Å². The number of ether oxygens (including phenoxy) is 1. The molecule has 0 aliphatic heterocycles. The molecule has 0 radical (unpaired) electrons.